The first-order valence-corrected chi connectivity index (χ1v) is 9.57. The van der Waals surface area contributed by atoms with E-state index in [1.807, 2.05) is 50.2 Å². The molecule has 0 fully saturated rings. The Kier molecular flexibility index (Phi) is 5.62. The fraction of sp³-hybridized carbons (Fsp3) is 0.278. The molecule has 0 heterocycles. The lowest BCUT2D eigenvalue weighted by Gasteiger charge is -2.27. The summed E-state index contributed by atoms with van der Waals surface area (Å²) in [5.74, 6) is -0.268. The van der Waals surface area contributed by atoms with E-state index in [2.05, 4.69) is 0 Å². The third kappa shape index (κ3) is 4.35. The topological polar surface area (TPSA) is 57.7 Å². The third-order valence-corrected chi connectivity index (χ3v) is 4.79. The molecule has 5 nitrogen and oxygen atoms in total. The van der Waals surface area contributed by atoms with Crippen molar-refractivity contribution in [2.45, 2.75) is 13.8 Å². The summed E-state index contributed by atoms with van der Waals surface area (Å²) in [6, 6.07) is 16.3. The number of likely N-dealkylation sites (N-methyl/N-ethyl adjacent to an activating group) is 1. The number of rotatable bonds is 6. The molecular weight excluding hydrogens is 324 g/mol. The van der Waals surface area contributed by atoms with Crippen molar-refractivity contribution in [3.05, 3.63) is 60.2 Å². The summed E-state index contributed by atoms with van der Waals surface area (Å²) in [5.41, 5.74) is 2.18. The summed E-state index contributed by atoms with van der Waals surface area (Å²) in [6.45, 7) is 3.98. The molecule has 0 aliphatic rings. The van der Waals surface area contributed by atoms with Gasteiger partial charge in [0.25, 0.3) is 0 Å². The van der Waals surface area contributed by atoms with Crippen molar-refractivity contribution < 1.29 is 13.2 Å². The van der Waals surface area contributed by atoms with E-state index in [4.69, 9.17) is 0 Å². The molecule has 0 unspecified atom stereocenters. The first-order valence-electron chi connectivity index (χ1n) is 7.72. The highest BCUT2D eigenvalue weighted by Crippen LogP contribution is 2.20. The van der Waals surface area contributed by atoms with Crippen LogP contribution in [-0.4, -0.2) is 33.7 Å². The van der Waals surface area contributed by atoms with Gasteiger partial charge >= 0.3 is 0 Å². The number of carbonyl (C=O) groups excluding carboxylic acids is 1. The van der Waals surface area contributed by atoms with Crippen LogP contribution >= 0.6 is 0 Å². The summed E-state index contributed by atoms with van der Waals surface area (Å²) in [5, 5.41) is 0. The summed E-state index contributed by atoms with van der Waals surface area (Å²) in [6.07, 6.45) is 1.11. The Bertz CT molecular complexity index is 804. The highest BCUT2D eigenvalue weighted by molar-refractivity contribution is 7.92. The van der Waals surface area contributed by atoms with Gasteiger partial charge in [-0.3, -0.25) is 9.10 Å². The van der Waals surface area contributed by atoms with E-state index in [1.54, 1.807) is 23.1 Å². The van der Waals surface area contributed by atoms with Crippen LogP contribution in [0.2, 0.25) is 0 Å². The molecule has 6 heteroatoms. The summed E-state index contributed by atoms with van der Waals surface area (Å²) in [4.78, 5) is 14.3. The number of sulfonamides is 1. The van der Waals surface area contributed by atoms with E-state index < -0.39 is 10.0 Å². The number of para-hydroxylation sites is 1. The number of amides is 1. The van der Waals surface area contributed by atoms with Gasteiger partial charge in [-0.25, -0.2) is 8.42 Å². The summed E-state index contributed by atoms with van der Waals surface area (Å²) in [7, 11) is -3.57. The normalized spacial score (nSPS) is 11.1. The summed E-state index contributed by atoms with van der Waals surface area (Å²) >= 11 is 0. The van der Waals surface area contributed by atoms with Gasteiger partial charge in [-0.1, -0.05) is 30.3 Å². The molecule has 0 radical (unpaired) electrons. The fourth-order valence-corrected chi connectivity index (χ4v) is 3.34. The predicted octanol–water partition coefficient (Wildman–Crippen LogP) is 2.81. The minimum absolute atomic E-state index is 0.231. The monoisotopic (exact) mass is 346 g/mol. The van der Waals surface area contributed by atoms with E-state index in [0.29, 0.717) is 12.2 Å². The van der Waals surface area contributed by atoms with E-state index in [-0.39, 0.29) is 12.5 Å². The molecule has 2 rings (SSSR count). The number of benzene rings is 2. The number of hydrogen-bond acceptors (Lipinski definition) is 3. The highest BCUT2D eigenvalue weighted by atomic mass is 32.2. The van der Waals surface area contributed by atoms with Crippen molar-refractivity contribution in [1.29, 1.82) is 0 Å². The first-order chi connectivity index (χ1) is 11.3. The van der Waals surface area contributed by atoms with Gasteiger partial charge in [0.05, 0.1) is 11.9 Å². The Hall–Kier alpha value is -2.34. The molecular formula is C18H22N2O3S. The van der Waals surface area contributed by atoms with Crippen molar-refractivity contribution in [3.8, 4) is 0 Å². The number of anilines is 2. The Morgan fingerprint density at radius 3 is 2.17 bits per heavy atom. The zero-order valence-electron chi connectivity index (χ0n) is 14.1. The molecule has 0 N–H and O–H groups in total. The standard InChI is InChI=1S/C18H22N2O3S/c1-4-19(16-10-6-5-7-11-16)18(21)14-20(24(3,22)23)17-12-8-9-15(2)13-17/h5-13H,4,14H2,1-3H3. The van der Waals surface area contributed by atoms with Crippen LogP contribution < -0.4 is 9.21 Å². The Morgan fingerprint density at radius 1 is 1.00 bits per heavy atom. The lowest BCUT2D eigenvalue weighted by molar-refractivity contribution is -0.117. The molecule has 2 aromatic rings. The third-order valence-electron chi connectivity index (χ3n) is 3.65. The molecule has 0 atom stereocenters. The average molecular weight is 346 g/mol. The van der Waals surface area contributed by atoms with Gasteiger partial charge in [-0.05, 0) is 43.7 Å². The van der Waals surface area contributed by atoms with E-state index >= 15 is 0 Å². The van der Waals surface area contributed by atoms with Gasteiger partial charge in [0.15, 0.2) is 0 Å². The van der Waals surface area contributed by atoms with Gasteiger partial charge < -0.3 is 4.90 Å². The van der Waals surface area contributed by atoms with Gasteiger partial charge in [0.2, 0.25) is 15.9 Å². The average Bonchev–Trinajstić information content (AvgIpc) is 2.53. The summed E-state index contributed by atoms with van der Waals surface area (Å²) < 4.78 is 25.5. The number of aryl methyl sites for hydroxylation is 1. The van der Waals surface area contributed by atoms with Crippen LogP contribution in [-0.2, 0) is 14.8 Å². The van der Waals surface area contributed by atoms with Crippen LogP contribution in [0.25, 0.3) is 0 Å². The number of hydrogen-bond donors (Lipinski definition) is 0. The second-order valence-electron chi connectivity index (χ2n) is 5.58. The molecule has 1 amide bonds. The first kappa shape index (κ1) is 18.0. The number of nitrogens with zero attached hydrogens (tertiary/aromatic N) is 2. The van der Waals surface area contributed by atoms with Crippen molar-refractivity contribution in [1.82, 2.24) is 0 Å². The van der Waals surface area contributed by atoms with Crippen LogP contribution in [0.3, 0.4) is 0 Å². The Balaban J connectivity index is 2.31. The van der Waals surface area contributed by atoms with Crippen LogP contribution in [0.15, 0.2) is 54.6 Å². The maximum Gasteiger partial charge on any atom is 0.247 e. The maximum atomic E-state index is 12.7. The molecule has 0 aliphatic carbocycles. The fourth-order valence-electron chi connectivity index (χ4n) is 2.50. The molecule has 0 spiro atoms. The molecule has 128 valence electrons. The van der Waals surface area contributed by atoms with Crippen LogP contribution in [0.1, 0.15) is 12.5 Å². The lowest BCUT2D eigenvalue weighted by atomic mass is 10.2. The van der Waals surface area contributed by atoms with Crippen LogP contribution in [0.5, 0.6) is 0 Å². The molecule has 0 bridgehead atoms. The molecule has 24 heavy (non-hydrogen) atoms. The van der Waals surface area contributed by atoms with Gasteiger partial charge in [-0.15, -0.1) is 0 Å². The zero-order chi connectivity index (χ0) is 17.7. The molecule has 0 saturated carbocycles. The largest absolute Gasteiger partial charge is 0.311 e. The molecule has 2 aromatic carbocycles. The Labute approximate surface area is 143 Å². The van der Waals surface area contributed by atoms with E-state index in [9.17, 15) is 13.2 Å². The van der Waals surface area contributed by atoms with E-state index in [0.717, 1.165) is 21.8 Å². The second kappa shape index (κ2) is 7.49. The molecule has 0 saturated heterocycles. The minimum atomic E-state index is -3.57. The number of carbonyl (C=O) groups is 1. The molecule has 0 aliphatic heterocycles. The van der Waals surface area contributed by atoms with Gasteiger partial charge in [0, 0.05) is 12.2 Å². The van der Waals surface area contributed by atoms with Crippen molar-refractivity contribution in [2.75, 3.05) is 28.6 Å². The zero-order valence-corrected chi connectivity index (χ0v) is 15.0. The SMILES string of the molecule is CCN(C(=O)CN(c1cccc(C)c1)S(C)(=O)=O)c1ccccc1. The highest BCUT2D eigenvalue weighted by Gasteiger charge is 2.24. The van der Waals surface area contributed by atoms with Crippen molar-refractivity contribution in [3.63, 3.8) is 0 Å². The second-order valence-corrected chi connectivity index (χ2v) is 7.49. The van der Waals surface area contributed by atoms with Crippen molar-refractivity contribution >= 4 is 27.3 Å². The van der Waals surface area contributed by atoms with Crippen LogP contribution in [0, 0.1) is 6.92 Å². The predicted molar refractivity (Wildman–Crippen MR) is 97.8 cm³/mol. The van der Waals surface area contributed by atoms with Crippen LogP contribution in [0.4, 0.5) is 11.4 Å². The van der Waals surface area contributed by atoms with Crippen molar-refractivity contribution in [2.24, 2.45) is 0 Å². The van der Waals surface area contributed by atoms with Gasteiger partial charge in [-0.2, -0.15) is 0 Å². The smallest absolute Gasteiger partial charge is 0.247 e. The molecule has 0 aromatic heterocycles. The minimum Gasteiger partial charge on any atom is -0.311 e. The lowest BCUT2D eigenvalue weighted by Crippen LogP contribution is -2.42. The van der Waals surface area contributed by atoms with Gasteiger partial charge in [0.1, 0.15) is 6.54 Å². The Morgan fingerprint density at radius 2 is 1.62 bits per heavy atom. The van der Waals surface area contributed by atoms with E-state index in [1.165, 1.54) is 0 Å². The maximum absolute atomic E-state index is 12.7. The quantitative estimate of drug-likeness (QED) is 0.808.